The molecular weight excluding hydrogens is 153 g/mol. The third-order valence-electron chi connectivity index (χ3n) is 1.76. The summed E-state index contributed by atoms with van der Waals surface area (Å²) in [6, 6.07) is 9.63. The minimum Gasteiger partial charge on any atom is -0.807 e. The van der Waals surface area contributed by atoms with Gasteiger partial charge >= 0.3 is 18.9 Å². The van der Waals surface area contributed by atoms with Crippen molar-refractivity contribution in [3.63, 3.8) is 0 Å². The summed E-state index contributed by atoms with van der Waals surface area (Å²) in [5.74, 6) is 0. The monoisotopic (exact) mass is 167 g/mol. The second-order valence-electron chi connectivity index (χ2n) is 3.96. The molecule has 0 aromatic heterocycles. The first-order valence-electron chi connectivity index (χ1n) is 4.13. The molecule has 0 bridgehead atoms. The molecule has 0 unspecified atom stereocenters. The maximum Gasteiger partial charge on any atom is 1.00 e. The van der Waals surface area contributed by atoms with Crippen LogP contribution < -0.4 is 18.9 Å². The van der Waals surface area contributed by atoms with E-state index in [-0.39, 0.29) is 24.3 Å². The zero-order valence-electron chi connectivity index (χ0n) is 8.83. The first-order chi connectivity index (χ1) is 5.52. The van der Waals surface area contributed by atoms with Gasteiger partial charge < -0.3 is 5.41 Å². The standard InChI is InChI=1S/C11H14N.Li/c1-11(2,3)10(12)9-7-5-4-6-8-9;/h4-8H,1-3H3;/q-1;+1. The van der Waals surface area contributed by atoms with E-state index in [1.54, 1.807) is 0 Å². The Kier molecular flexibility index (Phi) is 4.46. The molecule has 0 aliphatic rings. The van der Waals surface area contributed by atoms with Crippen LogP contribution in [0.4, 0.5) is 0 Å². The molecule has 1 aromatic rings. The van der Waals surface area contributed by atoms with E-state index in [0.29, 0.717) is 5.71 Å². The van der Waals surface area contributed by atoms with Crippen LogP contribution in [0.3, 0.4) is 0 Å². The van der Waals surface area contributed by atoms with Crippen LogP contribution in [0.15, 0.2) is 30.3 Å². The molecule has 0 amide bonds. The van der Waals surface area contributed by atoms with Crippen LogP contribution in [-0.4, -0.2) is 5.71 Å². The van der Waals surface area contributed by atoms with Crippen LogP contribution in [0.1, 0.15) is 26.3 Å². The van der Waals surface area contributed by atoms with Crippen molar-refractivity contribution in [1.82, 2.24) is 0 Å². The van der Waals surface area contributed by atoms with E-state index in [0.717, 1.165) is 5.56 Å². The first-order valence-corrected chi connectivity index (χ1v) is 4.13. The molecule has 0 saturated carbocycles. The number of hydrogen-bond donors (Lipinski definition) is 0. The van der Waals surface area contributed by atoms with Gasteiger partial charge in [0.05, 0.1) is 0 Å². The maximum absolute atomic E-state index is 9.77. The molecule has 0 heterocycles. The summed E-state index contributed by atoms with van der Waals surface area (Å²) in [5, 5.41) is 9.77. The molecule has 0 fully saturated rings. The average Bonchev–Trinajstić information content (AvgIpc) is 2.03. The van der Waals surface area contributed by atoms with E-state index in [4.69, 9.17) is 0 Å². The van der Waals surface area contributed by atoms with Crippen molar-refractivity contribution in [2.24, 2.45) is 5.41 Å². The van der Waals surface area contributed by atoms with Crippen molar-refractivity contribution in [2.75, 3.05) is 0 Å². The summed E-state index contributed by atoms with van der Waals surface area (Å²) in [5.41, 5.74) is 1.19. The topological polar surface area (TPSA) is 22.3 Å². The predicted molar refractivity (Wildman–Crippen MR) is 53.4 cm³/mol. The van der Waals surface area contributed by atoms with Gasteiger partial charge in [-0.2, -0.15) is 5.71 Å². The molecule has 13 heavy (non-hydrogen) atoms. The Hall–Kier alpha value is -0.513. The smallest absolute Gasteiger partial charge is 0.807 e. The van der Waals surface area contributed by atoms with E-state index in [9.17, 15) is 5.41 Å². The van der Waals surface area contributed by atoms with E-state index >= 15 is 0 Å². The fraction of sp³-hybridized carbons (Fsp3) is 0.364. The van der Waals surface area contributed by atoms with Gasteiger partial charge in [0.15, 0.2) is 0 Å². The third-order valence-corrected chi connectivity index (χ3v) is 1.76. The predicted octanol–water partition coefficient (Wildman–Crippen LogP) is 0.0952. The van der Waals surface area contributed by atoms with Gasteiger partial charge in [0.1, 0.15) is 0 Å². The van der Waals surface area contributed by atoms with Gasteiger partial charge in [-0.3, -0.25) is 0 Å². The molecule has 0 atom stereocenters. The van der Waals surface area contributed by atoms with Gasteiger partial charge in [0.25, 0.3) is 0 Å². The molecule has 1 rings (SSSR count). The van der Waals surface area contributed by atoms with Crippen molar-refractivity contribution in [3.05, 3.63) is 41.3 Å². The summed E-state index contributed by atoms with van der Waals surface area (Å²) in [4.78, 5) is 0. The number of nitrogens with zero attached hydrogens (tertiary/aromatic N) is 1. The number of rotatable bonds is 1. The molecule has 64 valence electrons. The Labute approximate surface area is 92.2 Å². The Bertz CT molecular complexity index is 272. The van der Waals surface area contributed by atoms with Crippen LogP contribution in [0.2, 0.25) is 0 Å². The van der Waals surface area contributed by atoms with Crippen LogP contribution in [0, 0.1) is 5.41 Å². The first kappa shape index (κ1) is 12.5. The van der Waals surface area contributed by atoms with Crippen LogP contribution in [0.5, 0.6) is 0 Å². The summed E-state index contributed by atoms with van der Waals surface area (Å²) in [6.45, 7) is 5.99. The van der Waals surface area contributed by atoms with E-state index in [2.05, 4.69) is 0 Å². The van der Waals surface area contributed by atoms with Crippen molar-refractivity contribution in [1.29, 1.82) is 0 Å². The van der Waals surface area contributed by atoms with Crippen molar-refractivity contribution in [3.8, 4) is 0 Å². The zero-order chi connectivity index (χ0) is 9.19. The molecule has 1 aromatic carbocycles. The minimum atomic E-state index is -0.165. The second-order valence-corrected chi connectivity index (χ2v) is 3.96. The Balaban J connectivity index is 0.00000144. The minimum absolute atomic E-state index is 0. The van der Waals surface area contributed by atoms with Gasteiger partial charge in [-0.1, -0.05) is 51.1 Å². The van der Waals surface area contributed by atoms with Gasteiger partial charge in [-0.05, 0) is 11.0 Å². The van der Waals surface area contributed by atoms with Gasteiger partial charge in [0.2, 0.25) is 0 Å². The Morgan fingerprint density at radius 1 is 1.08 bits per heavy atom. The Morgan fingerprint density at radius 3 is 1.92 bits per heavy atom. The molecule has 0 N–H and O–H groups in total. The maximum atomic E-state index is 9.77. The summed E-state index contributed by atoms with van der Waals surface area (Å²) in [6.07, 6.45) is 0. The molecule has 2 heteroatoms. The summed E-state index contributed by atoms with van der Waals surface area (Å²) >= 11 is 0. The molecule has 0 aliphatic carbocycles. The zero-order valence-corrected chi connectivity index (χ0v) is 8.83. The van der Waals surface area contributed by atoms with Gasteiger partial charge in [-0.15, -0.1) is 0 Å². The fourth-order valence-electron chi connectivity index (χ4n) is 1.03. The SMILES string of the molecule is CC(C)(C)C(=[N-])c1ccccc1.[Li+]. The third kappa shape index (κ3) is 3.38. The quantitative estimate of drug-likeness (QED) is 0.418. The molecule has 0 spiro atoms. The fourth-order valence-corrected chi connectivity index (χ4v) is 1.03. The number of hydrogen-bond acceptors (Lipinski definition) is 0. The molecule has 1 nitrogen and oxygen atoms in total. The largest absolute Gasteiger partial charge is 1.00 e. The molecule has 0 radical (unpaired) electrons. The molecular formula is C11H14LiN. The molecule has 0 saturated heterocycles. The summed E-state index contributed by atoms with van der Waals surface area (Å²) in [7, 11) is 0. The molecule has 0 aliphatic heterocycles. The van der Waals surface area contributed by atoms with E-state index in [1.165, 1.54) is 0 Å². The van der Waals surface area contributed by atoms with Crippen LogP contribution >= 0.6 is 0 Å². The van der Waals surface area contributed by atoms with E-state index < -0.39 is 0 Å². The average molecular weight is 167 g/mol. The summed E-state index contributed by atoms with van der Waals surface area (Å²) < 4.78 is 0. The van der Waals surface area contributed by atoms with Crippen molar-refractivity contribution >= 4 is 5.71 Å². The normalized spacial score (nSPS) is 10.4. The second kappa shape index (κ2) is 4.65. The Morgan fingerprint density at radius 2 is 1.54 bits per heavy atom. The van der Waals surface area contributed by atoms with Crippen LogP contribution in [0.25, 0.3) is 5.41 Å². The van der Waals surface area contributed by atoms with Gasteiger partial charge in [0, 0.05) is 0 Å². The van der Waals surface area contributed by atoms with Crippen LogP contribution in [-0.2, 0) is 0 Å². The van der Waals surface area contributed by atoms with E-state index in [1.807, 2.05) is 51.1 Å². The van der Waals surface area contributed by atoms with Crippen molar-refractivity contribution < 1.29 is 18.9 Å². The van der Waals surface area contributed by atoms with Crippen molar-refractivity contribution in [2.45, 2.75) is 20.8 Å². The number of benzene rings is 1. The van der Waals surface area contributed by atoms with Gasteiger partial charge in [-0.25, -0.2) is 0 Å².